The molecule has 8 aromatic carbocycles. The summed E-state index contributed by atoms with van der Waals surface area (Å²) >= 11 is 0. The van der Waals surface area contributed by atoms with Crippen molar-refractivity contribution in [3.8, 4) is 33.6 Å². The van der Waals surface area contributed by atoms with Crippen molar-refractivity contribution < 1.29 is 4.42 Å². The number of hydrogen-bond donors (Lipinski definition) is 0. The summed E-state index contributed by atoms with van der Waals surface area (Å²) in [5.74, 6) is 0. The van der Waals surface area contributed by atoms with Crippen LogP contribution in [0.2, 0.25) is 0 Å². The van der Waals surface area contributed by atoms with E-state index in [0.717, 1.165) is 55.6 Å². The number of hydrogen-bond acceptors (Lipinski definition) is 1. The Labute approximate surface area is 293 Å². The molecule has 238 valence electrons. The molecule has 0 aliphatic heterocycles. The van der Waals surface area contributed by atoms with E-state index in [0.29, 0.717) is 0 Å². The summed E-state index contributed by atoms with van der Waals surface area (Å²) in [5.41, 5.74) is 13.5. The number of aromatic nitrogens is 2. The molecule has 0 amide bonds. The van der Waals surface area contributed by atoms with E-state index in [2.05, 4.69) is 191 Å². The van der Waals surface area contributed by atoms with Crippen LogP contribution in [0.15, 0.2) is 186 Å². The first kappa shape index (κ1) is 28.0. The summed E-state index contributed by atoms with van der Waals surface area (Å²) < 4.78 is 11.4. The van der Waals surface area contributed by atoms with Crippen LogP contribution in [-0.4, -0.2) is 9.13 Å². The Morgan fingerprint density at radius 1 is 0.275 bits per heavy atom. The molecule has 0 saturated carbocycles. The van der Waals surface area contributed by atoms with Gasteiger partial charge in [-0.1, -0.05) is 109 Å². The van der Waals surface area contributed by atoms with E-state index < -0.39 is 0 Å². The Morgan fingerprint density at radius 3 is 1.08 bits per heavy atom. The van der Waals surface area contributed by atoms with Gasteiger partial charge in [0.05, 0.1) is 22.1 Å². The van der Waals surface area contributed by atoms with Crippen LogP contribution in [-0.2, 0) is 0 Å². The first-order valence-corrected chi connectivity index (χ1v) is 17.4. The highest BCUT2D eigenvalue weighted by Crippen LogP contribution is 2.39. The van der Waals surface area contributed by atoms with Gasteiger partial charge in [-0.3, -0.25) is 0 Å². The summed E-state index contributed by atoms with van der Waals surface area (Å²) in [6.07, 6.45) is 0. The Hall–Kier alpha value is -6.84. The highest BCUT2D eigenvalue weighted by molar-refractivity contribution is 6.12. The molecular formula is C48H30N2O. The van der Waals surface area contributed by atoms with Crippen molar-refractivity contribution in [2.24, 2.45) is 0 Å². The fourth-order valence-corrected chi connectivity index (χ4v) is 8.15. The standard InChI is InChI=1S/C48H30N2O/c1-3-11-35(12-4-1)49-43-17-9-7-15-37(43)39-23-19-31(27-45(39)49)33-21-25-41-42-26-22-34(30-48(42)51-47(41)29-33)32-20-24-40-38-16-8-10-18-44(38)50(46(40)28-32)36-13-5-2-6-14-36/h1-30H. The van der Waals surface area contributed by atoms with Crippen molar-refractivity contribution >= 4 is 65.6 Å². The Bertz CT molecular complexity index is 2910. The normalized spacial score (nSPS) is 11.9. The van der Waals surface area contributed by atoms with Crippen LogP contribution in [0, 0.1) is 0 Å². The lowest BCUT2D eigenvalue weighted by Crippen LogP contribution is -1.93. The van der Waals surface area contributed by atoms with Gasteiger partial charge in [-0.25, -0.2) is 0 Å². The zero-order valence-corrected chi connectivity index (χ0v) is 27.6. The van der Waals surface area contributed by atoms with Crippen LogP contribution in [0.1, 0.15) is 0 Å². The number of para-hydroxylation sites is 4. The minimum atomic E-state index is 0.892. The molecule has 0 spiro atoms. The van der Waals surface area contributed by atoms with E-state index in [1.165, 1.54) is 43.6 Å². The highest BCUT2D eigenvalue weighted by Gasteiger charge is 2.16. The molecule has 3 nitrogen and oxygen atoms in total. The van der Waals surface area contributed by atoms with Gasteiger partial charge in [-0.2, -0.15) is 0 Å². The van der Waals surface area contributed by atoms with Crippen LogP contribution in [0.3, 0.4) is 0 Å². The molecule has 51 heavy (non-hydrogen) atoms. The first-order chi connectivity index (χ1) is 25.3. The zero-order chi connectivity index (χ0) is 33.5. The molecule has 0 fully saturated rings. The van der Waals surface area contributed by atoms with E-state index in [-0.39, 0.29) is 0 Å². The number of nitrogens with zero attached hydrogens (tertiary/aromatic N) is 2. The number of rotatable bonds is 4. The third-order valence-electron chi connectivity index (χ3n) is 10.5. The van der Waals surface area contributed by atoms with Gasteiger partial charge in [0.15, 0.2) is 0 Å². The maximum Gasteiger partial charge on any atom is 0.136 e. The van der Waals surface area contributed by atoms with Crippen LogP contribution in [0.25, 0.3) is 99.2 Å². The van der Waals surface area contributed by atoms with Crippen LogP contribution >= 0.6 is 0 Å². The van der Waals surface area contributed by atoms with Crippen molar-refractivity contribution in [2.45, 2.75) is 0 Å². The second-order valence-electron chi connectivity index (χ2n) is 13.4. The first-order valence-electron chi connectivity index (χ1n) is 17.4. The van der Waals surface area contributed by atoms with Crippen molar-refractivity contribution in [2.75, 3.05) is 0 Å². The summed E-state index contributed by atoms with van der Waals surface area (Å²) in [6.45, 7) is 0. The summed E-state index contributed by atoms with van der Waals surface area (Å²) in [7, 11) is 0. The molecule has 0 unspecified atom stereocenters. The van der Waals surface area contributed by atoms with Crippen molar-refractivity contribution in [1.82, 2.24) is 9.13 Å². The van der Waals surface area contributed by atoms with E-state index >= 15 is 0 Å². The Morgan fingerprint density at radius 2 is 0.627 bits per heavy atom. The monoisotopic (exact) mass is 650 g/mol. The fourth-order valence-electron chi connectivity index (χ4n) is 8.15. The van der Waals surface area contributed by atoms with Crippen LogP contribution in [0.5, 0.6) is 0 Å². The van der Waals surface area contributed by atoms with E-state index in [4.69, 9.17) is 4.42 Å². The van der Waals surface area contributed by atoms with Gasteiger partial charge >= 0.3 is 0 Å². The average molecular weight is 651 g/mol. The largest absolute Gasteiger partial charge is 0.456 e. The molecule has 3 heteroatoms. The third kappa shape index (κ3) is 4.25. The molecule has 0 radical (unpaired) electrons. The third-order valence-corrected chi connectivity index (χ3v) is 10.5. The maximum absolute atomic E-state index is 6.62. The molecule has 0 bridgehead atoms. The summed E-state index contributed by atoms with van der Waals surface area (Å²) in [6, 6.07) is 65.4. The van der Waals surface area contributed by atoms with E-state index in [1.807, 2.05) is 0 Å². The molecule has 0 saturated heterocycles. The number of fused-ring (bicyclic) bond motifs is 9. The quantitative estimate of drug-likeness (QED) is 0.186. The van der Waals surface area contributed by atoms with Crippen molar-refractivity contribution in [3.63, 3.8) is 0 Å². The van der Waals surface area contributed by atoms with Crippen molar-refractivity contribution in [3.05, 3.63) is 182 Å². The second kappa shape index (κ2) is 10.8. The minimum Gasteiger partial charge on any atom is -0.456 e. The predicted molar refractivity (Wildman–Crippen MR) is 213 cm³/mol. The van der Waals surface area contributed by atoms with Crippen molar-refractivity contribution in [1.29, 1.82) is 0 Å². The Balaban J connectivity index is 1.03. The minimum absolute atomic E-state index is 0.892. The molecule has 11 aromatic rings. The lowest BCUT2D eigenvalue weighted by atomic mass is 10.00. The maximum atomic E-state index is 6.62. The lowest BCUT2D eigenvalue weighted by Gasteiger charge is -2.09. The molecule has 3 aromatic heterocycles. The average Bonchev–Trinajstić information content (AvgIpc) is 3.85. The number of furan rings is 1. The topological polar surface area (TPSA) is 23.0 Å². The van der Waals surface area contributed by atoms with E-state index in [1.54, 1.807) is 0 Å². The van der Waals surface area contributed by atoms with E-state index in [9.17, 15) is 0 Å². The molecule has 0 N–H and O–H groups in total. The van der Waals surface area contributed by atoms with Crippen LogP contribution in [0.4, 0.5) is 0 Å². The number of benzene rings is 8. The van der Waals surface area contributed by atoms with Gasteiger partial charge in [-0.15, -0.1) is 0 Å². The SMILES string of the molecule is c1ccc(-n2c3ccccc3c3ccc(-c4ccc5c(c4)oc4cc(-c6ccc7c8ccccc8n(-c8ccccc8)c7c6)ccc45)cc32)cc1. The smallest absolute Gasteiger partial charge is 0.136 e. The van der Waals surface area contributed by atoms with Gasteiger partial charge in [-0.05, 0) is 95.1 Å². The Kier molecular flexibility index (Phi) is 5.96. The predicted octanol–water partition coefficient (Wildman–Crippen LogP) is 13.1. The lowest BCUT2D eigenvalue weighted by molar-refractivity contribution is 0.669. The fraction of sp³-hybridized carbons (Fsp3) is 0. The van der Waals surface area contributed by atoms with Crippen LogP contribution < -0.4 is 0 Å². The zero-order valence-electron chi connectivity index (χ0n) is 27.6. The molecule has 0 aliphatic rings. The van der Waals surface area contributed by atoms with Gasteiger partial charge < -0.3 is 13.6 Å². The summed E-state index contributed by atoms with van der Waals surface area (Å²) in [4.78, 5) is 0. The van der Waals surface area contributed by atoms with Gasteiger partial charge in [0, 0.05) is 43.7 Å². The van der Waals surface area contributed by atoms with Gasteiger partial charge in [0.25, 0.3) is 0 Å². The molecular weight excluding hydrogens is 621 g/mol. The summed E-state index contributed by atoms with van der Waals surface area (Å²) in [5, 5.41) is 7.26. The highest BCUT2D eigenvalue weighted by atomic mass is 16.3. The second-order valence-corrected chi connectivity index (χ2v) is 13.4. The van der Waals surface area contributed by atoms with Gasteiger partial charge in [0.2, 0.25) is 0 Å². The molecule has 3 heterocycles. The van der Waals surface area contributed by atoms with Gasteiger partial charge in [0.1, 0.15) is 11.2 Å². The molecule has 0 atom stereocenters. The molecule has 0 aliphatic carbocycles. The molecule has 11 rings (SSSR count).